The van der Waals surface area contributed by atoms with Crippen LogP contribution in [0.15, 0.2) is 24.3 Å². The monoisotopic (exact) mass is 248 g/mol. The molecule has 1 aliphatic heterocycles. The number of nitrogens with one attached hydrogen (secondary N) is 1. The molecule has 0 saturated carbocycles. The molecule has 0 spiro atoms. The summed E-state index contributed by atoms with van der Waals surface area (Å²) >= 11 is 0. The van der Waals surface area contributed by atoms with Gasteiger partial charge < -0.3 is 10.1 Å². The predicted octanol–water partition coefficient (Wildman–Crippen LogP) is 2.73. The molecule has 1 N–H and O–H groups in total. The molecule has 3 nitrogen and oxygen atoms in total. The summed E-state index contributed by atoms with van der Waals surface area (Å²) in [6.07, 6.45) is 1.23. The lowest BCUT2D eigenvalue weighted by atomic mass is 10.2. The minimum atomic E-state index is 0.574. The van der Waals surface area contributed by atoms with Gasteiger partial charge in [0.2, 0.25) is 0 Å². The molecule has 100 valence electrons. The molecule has 18 heavy (non-hydrogen) atoms. The van der Waals surface area contributed by atoms with Crippen LogP contribution in [0.25, 0.3) is 0 Å². The van der Waals surface area contributed by atoms with Gasteiger partial charge in [0, 0.05) is 38.0 Å². The van der Waals surface area contributed by atoms with Gasteiger partial charge in [-0.2, -0.15) is 0 Å². The lowest BCUT2D eigenvalue weighted by Gasteiger charge is -2.21. The van der Waals surface area contributed by atoms with Crippen LogP contribution in [-0.4, -0.2) is 37.2 Å². The average molecular weight is 248 g/mol. The molecule has 1 atom stereocenters. The number of nitrogens with zero attached hydrogens (tertiary/aromatic N) is 1. The minimum absolute atomic E-state index is 0.574. The maximum Gasteiger partial charge on any atom is 0.0713 e. The van der Waals surface area contributed by atoms with Crippen LogP contribution < -0.4 is 5.32 Å². The van der Waals surface area contributed by atoms with Gasteiger partial charge in [-0.3, -0.25) is 4.90 Å². The largest absolute Gasteiger partial charge is 0.381 e. The third kappa shape index (κ3) is 3.47. The van der Waals surface area contributed by atoms with Gasteiger partial charge in [0.1, 0.15) is 0 Å². The van der Waals surface area contributed by atoms with Gasteiger partial charge in [-0.1, -0.05) is 12.1 Å². The van der Waals surface area contributed by atoms with Gasteiger partial charge in [0.05, 0.1) is 6.61 Å². The van der Waals surface area contributed by atoms with E-state index in [4.69, 9.17) is 4.74 Å². The van der Waals surface area contributed by atoms with Gasteiger partial charge in [0.15, 0.2) is 0 Å². The van der Waals surface area contributed by atoms with E-state index >= 15 is 0 Å². The summed E-state index contributed by atoms with van der Waals surface area (Å²) in [7, 11) is 1.73. The Hall–Kier alpha value is -1.06. The molecule has 0 radical (unpaired) electrons. The van der Waals surface area contributed by atoms with Gasteiger partial charge >= 0.3 is 0 Å². The highest BCUT2D eigenvalue weighted by Crippen LogP contribution is 2.18. The molecular formula is C15H24N2O. The fourth-order valence-corrected chi connectivity index (χ4v) is 2.53. The lowest BCUT2D eigenvalue weighted by Crippen LogP contribution is -2.31. The Morgan fingerprint density at radius 2 is 2.28 bits per heavy atom. The first kappa shape index (κ1) is 13.4. The summed E-state index contributed by atoms with van der Waals surface area (Å²) in [5.41, 5.74) is 2.43. The number of hydrogen-bond acceptors (Lipinski definition) is 3. The van der Waals surface area contributed by atoms with E-state index in [1.807, 2.05) is 0 Å². The van der Waals surface area contributed by atoms with E-state index in [1.165, 1.54) is 24.2 Å². The third-order valence-electron chi connectivity index (χ3n) is 3.56. The van der Waals surface area contributed by atoms with E-state index in [1.54, 1.807) is 7.11 Å². The molecule has 1 unspecified atom stereocenters. The van der Waals surface area contributed by atoms with E-state index in [0.29, 0.717) is 18.7 Å². The normalized spacial score (nSPS) is 20.6. The number of likely N-dealkylation sites (tertiary alicyclic amines) is 1. The maximum absolute atomic E-state index is 5.17. The highest BCUT2D eigenvalue weighted by Gasteiger charge is 2.23. The van der Waals surface area contributed by atoms with Crippen molar-refractivity contribution in [3.8, 4) is 0 Å². The zero-order valence-corrected chi connectivity index (χ0v) is 11.6. The molecule has 1 aromatic carbocycles. The van der Waals surface area contributed by atoms with Gasteiger partial charge in [-0.05, 0) is 38.0 Å². The topological polar surface area (TPSA) is 24.5 Å². The van der Waals surface area contributed by atoms with Crippen LogP contribution >= 0.6 is 0 Å². The molecule has 1 heterocycles. The molecule has 1 fully saturated rings. The Kier molecular flexibility index (Phi) is 4.61. The van der Waals surface area contributed by atoms with Crippen molar-refractivity contribution in [2.24, 2.45) is 0 Å². The van der Waals surface area contributed by atoms with Gasteiger partial charge in [-0.25, -0.2) is 0 Å². The molecule has 0 aliphatic carbocycles. The molecule has 1 saturated heterocycles. The maximum atomic E-state index is 5.17. The van der Waals surface area contributed by atoms with Crippen molar-refractivity contribution in [2.75, 3.05) is 25.5 Å². The number of anilines is 1. The summed E-state index contributed by atoms with van der Waals surface area (Å²) in [6.45, 7) is 7.56. The highest BCUT2D eigenvalue weighted by atomic mass is 16.5. The second kappa shape index (κ2) is 6.21. The summed E-state index contributed by atoms with van der Waals surface area (Å²) in [6, 6.07) is 9.73. The lowest BCUT2D eigenvalue weighted by molar-refractivity contribution is 0.185. The number of hydrogen-bond donors (Lipinski definition) is 1. The van der Waals surface area contributed by atoms with Crippen molar-refractivity contribution in [1.29, 1.82) is 0 Å². The quantitative estimate of drug-likeness (QED) is 0.867. The SMILES string of the molecule is COCc1cccc(NC2CCN(C(C)C)C2)c1. The van der Waals surface area contributed by atoms with Crippen molar-refractivity contribution in [1.82, 2.24) is 4.90 Å². The Balaban J connectivity index is 1.92. The van der Waals surface area contributed by atoms with Crippen LogP contribution in [0.5, 0.6) is 0 Å². The van der Waals surface area contributed by atoms with Crippen molar-refractivity contribution in [3.63, 3.8) is 0 Å². The first-order valence-electron chi connectivity index (χ1n) is 6.77. The van der Waals surface area contributed by atoms with E-state index in [0.717, 1.165) is 6.54 Å². The van der Waals surface area contributed by atoms with Crippen LogP contribution in [-0.2, 0) is 11.3 Å². The highest BCUT2D eigenvalue weighted by molar-refractivity contribution is 5.46. The van der Waals surface area contributed by atoms with Crippen LogP contribution in [0.4, 0.5) is 5.69 Å². The zero-order valence-electron chi connectivity index (χ0n) is 11.6. The smallest absolute Gasteiger partial charge is 0.0713 e. The zero-order chi connectivity index (χ0) is 13.0. The van der Waals surface area contributed by atoms with Crippen LogP contribution in [0.1, 0.15) is 25.8 Å². The Labute approximate surface area is 110 Å². The first-order chi connectivity index (χ1) is 8.69. The summed E-state index contributed by atoms with van der Waals surface area (Å²) in [5, 5.41) is 3.63. The fourth-order valence-electron chi connectivity index (χ4n) is 2.53. The second-order valence-electron chi connectivity index (χ2n) is 5.35. The molecule has 2 rings (SSSR count). The standard InChI is InChI=1S/C15H24N2O/c1-12(2)17-8-7-15(10-17)16-14-6-4-5-13(9-14)11-18-3/h4-6,9,12,15-16H,7-8,10-11H2,1-3H3. The first-order valence-corrected chi connectivity index (χ1v) is 6.77. The van der Waals surface area contributed by atoms with E-state index < -0.39 is 0 Å². The number of methoxy groups -OCH3 is 1. The van der Waals surface area contributed by atoms with E-state index in [2.05, 4.69) is 48.3 Å². The summed E-state index contributed by atoms with van der Waals surface area (Å²) in [5.74, 6) is 0. The third-order valence-corrected chi connectivity index (χ3v) is 3.56. The summed E-state index contributed by atoms with van der Waals surface area (Å²) in [4.78, 5) is 2.52. The van der Waals surface area contributed by atoms with E-state index in [-0.39, 0.29) is 0 Å². The molecular weight excluding hydrogens is 224 g/mol. The van der Waals surface area contributed by atoms with Gasteiger partial charge in [-0.15, -0.1) is 0 Å². The van der Waals surface area contributed by atoms with Crippen molar-refractivity contribution in [3.05, 3.63) is 29.8 Å². The summed E-state index contributed by atoms with van der Waals surface area (Å²) < 4.78 is 5.17. The predicted molar refractivity (Wildman–Crippen MR) is 75.9 cm³/mol. The second-order valence-corrected chi connectivity index (χ2v) is 5.35. The Morgan fingerprint density at radius 3 is 2.94 bits per heavy atom. The number of rotatable bonds is 5. The molecule has 1 aliphatic rings. The van der Waals surface area contributed by atoms with Crippen LogP contribution in [0, 0.1) is 0 Å². The van der Waals surface area contributed by atoms with Crippen LogP contribution in [0.2, 0.25) is 0 Å². The molecule has 0 bridgehead atoms. The molecule has 3 heteroatoms. The minimum Gasteiger partial charge on any atom is -0.381 e. The van der Waals surface area contributed by atoms with Gasteiger partial charge in [0.25, 0.3) is 0 Å². The molecule has 0 aromatic heterocycles. The number of benzene rings is 1. The number of ether oxygens (including phenoxy) is 1. The fraction of sp³-hybridized carbons (Fsp3) is 0.600. The van der Waals surface area contributed by atoms with E-state index in [9.17, 15) is 0 Å². The molecule has 1 aromatic rings. The Bertz CT molecular complexity index is 379. The van der Waals surface area contributed by atoms with Crippen molar-refractivity contribution < 1.29 is 4.74 Å². The Morgan fingerprint density at radius 1 is 1.44 bits per heavy atom. The van der Waals surface area contributed by atoms with Crippen molar-refractivity contribution in [2.45, 2.75) is 39.0 Å². The van der Waals surface area contributed by atoms with Crippen LogP contribution in [0.3, 0.4) is 0 Å². The average Bonchev–Trinajstić information content (AvgIpc) is 2.78. The van der Waals surface area contributed by atoms with Crippen molar-refractivity contribution >= 4 is 5.69 Å². The molecule has 0 amide bonds.